The fraction of sp³-hybridized carbons (Fsp3) is 0. The van der Waals surface area contributed by atoms with Crippen molar-refractivity contribution in [3.05, 3.63) is 28.8 Å². The molecule has 0 saturated carbocycles. The van der Waals surface area contributed by atoms with Crippen LogP contribution in [0.25, 0.3) is 22.1 Å². The van der Waals surface area contributed by atoms with Gasteiger partial charge in [-0.2, -0.15) is 0 Å². The van der Waals surface area contributed by atoms with Gasteiger partial charge >= 0.3 is 0 Å². The summed E-state index contributed by atoms with van der Waals surface area (Å²) in [6.07, 6.45) is 1.40. The van der Waals surface area contributed by atoms with Gasteiger partial charge in [0.2, 0.25) is 0 Å². The third kappa shape index (κ3) is 1.26. The van der Waals surface area contributed by atoms with Crippen molar-refractivity contribution < 1.29 is 0 Å². The van der Waals surface area contributed by atoms with Crippen molar-refractivity contribution in [2.45, 2.75) is 0 Å². The van der Waals surface area contributed by atoms with Gasteiger partial charge in [-0.1, -0.05) is 23.2 Å². The van der Waals surface area contributed by atoms with Crippen molar-refractivity contribution >= 4 is 45.3 Å². The lowest BCUT2D eigenvalue weighted by Crippen LogP contribution is -1.81. The molecule has 0 bridgehead atoms. The molecule has 0 fully saturated rings. The summed E-state index contributed by atoms with van der Waals surface area (Å²) in [4.78, 5) is 15.3. The number of H-pyrrole nitrogens is 1. The molecule has 0 amide bonds. The van der Waals surface area contributed by atoms with E-state index in [1.165, 1.54) is 6.33 Å². The summed E-state index contributed by atoms with van der Waals surface area (Å²) in [5.41, 5.74) is 2.21. The van der Waals surface area contributed by atoms with Crippen molar-refractivity contribution in [1.82, 2.24) is 19.9 Å². The molecule has 0 saturated heterocycles. The summed E-state index contributed by atoms with van der Waals surface area (Å²) in [5, 5.41) is 1.50. The van der Waals surface area contributed by atoms with Crippen LogP contribution in [0.2, 0.25) is 10.3 Å². The lowest BCUT2D eigenvalue weighted by Gasteiger charge is -1.92. The first kappa shape index (κ1) is 8.88. The summed E-state index contributed by atoms with van der Waals surface area (Å²) in [6, 6.07) is 3.54. The lowest BCUT2D eigenvalue weighted by atomic mass is 10.3. The number of pyridine rings is 1. The van der Waals surface area contributed by atoms with Crippen LogP contribution in [0.4, 0.5) is 0 Å². The van der Waals surface area contributed by atoms with E-state index in [9.17, 15) is 0 Å². The Morgan fingerprint density at radius 1 is 1.13 bits per heavy atom. The minimum absolute atomic E-state index is 0.376. The maximum atomic E-state index is 5.98. The molecule has 0 atom stereocenters. The van der Waals surface area contributed by atoms with E-state index in [2.05, 4.69) is 19.9 Å². The molecule has 0 spiro atoms. The van der Waals surface area contributed by atoms with E-state index in [4.69, 9.17) is 23.2 Å². The molecule has 74 valence electrons. The van der Waals surface area contributed by atoms with Crippen LogP contribution < -0.4 is 0 Å². The zero-order chi connectivity index (χ0) is 10.4. The fourth-order valence-electron chi connectivity index (χ4n) is 1.52. The fourth-order valence-corrected chi connectivity index (χ4v) is 1.89. The second-order valence-electron chi connectivity index (χ2n) is 3.04. The highest BCUT2D eigenvalue weighted by molar-refractivity contribution is 6.36. The highest BCUT2D eigenvalue weighted by Crippen LogP contribution is 2.27. The van der Waals surface area contributed by atoms with Gasteiger partial charge in [-0.25, -0.2) is 15.0 Å². The first-order chi connectivity index (χ1) is 7.25. The Balaban J connectivity index is 2.61. The number of aromatic amines is 1. The molecule has 0 aliphatic carbocycles. The molecule has 0 radical (unpaired) electrons. The number of nitrogens with one attached hydrogen (secondary N) is 1. The predicted octanol–water partition coefficient (Wildman–Crippen LogP) is 2.81. The predicted molar refractivity (Wildman–Crippen MR) is 59.2 cm³/mol. The topological polar surface area (TPSA) is 54.5 Å². The second-order valence-corrected chi connectivity index (χ2v) is 3.79. The molecular weight excluding hydrogens is 235 g/mol. The maximum Gasteiger partial charge on any atom is 0.144 e. The number of hydrogen-bond donors (Lipinski definition) is 1. The standard InChI is InChI=1S/C9H4Cl2N4/c10-5-2-1-4-7(15-5)6-8(11)12-3-13-9(6)14-4/h1-3H,(H,12,13,14). The van der Waals surface area contributed by atoms with Crippen LogP contribution in [0, 0.1) is 0 Å². The quantitative estimate of drug-likeness (QED) is 0.484. The molecule has 3 aromatic heterocycles. The molecule has 3 heterocycles. The van der Waals surface area contributed by atoms with E-state index < -0.39 is 0 Å². The highest BCUT2D eigenvalue weighted by atomic mass is 35.5. The number of nitrogens with zero attached hydrogens (tertiary/aromatic N) is 3. The summed E-state index contributed by atoms with van der Waals surface area (Å²) in [6.45, 7) is 0. The molecule has 15 heavy (non-hydrogen) atoms. The Morgan fingerprint density at radius 2 is 2.00 bits per heavy atom. The highest BCUT2D eigenvalue weighted by Gasteiger charge is 2.10. The van der Waals surface area contributed by atoms with Gasteiger partial charge in [0, 0.05) is 0 Å². The molecule has 0 aliphatic rings. The minimum atomic E-state index is 0.376. The van der Waals surface area contributed by atoms with E-state index >= 15 is 0 Å². The number of fused-ring (bicyclic) bond motifs is 3. The molecule has 3 aromatic rings. The van der Waals surface area contributed by atoms with Gasteiger partial charge in [0.15, 0.2) is 0 Å². The van der Waals surface area contributed by atoms with Crippen molar-refractivity contribution in [3.63, 3.8) is 0 Å². The summed E-state index contributed by atoms with van der Waals surface area (Å²) in [7, 11) is 0. The Labute approximate surface area is 94.3 Å². The molecule has 1 N–H and O–H groups in total. The Hall–Kier alpha value is -1.39. The first-order valence-electron chi connectivity index (χ1n) is 4.20. The minimum Gasteiger partial charge on any atom is -0.338 e. The monoisotopic (exact) mass is 238 g/mol. The van der Waals surface area contributed by atoms with Gasteiger partial charge in [-0.3, -0.25) is 0 Å². The zero-order valence-electron chi connectivity index (χ0n) is 7.33. The molecular formula is C9H4Cl2N4. The number of hydrogen-bond acceptors (Lipinski definition) is 3. The number of rotatable bonds is 0. The third-order valence-electron chi connectivity index (χ3n) is 2.15. The normalized spacial score (nSPS) is 11.3. The Morgan fingerprint density at radius 3 is 2.87 bits per heavy atom. The van der Waals surface area contributed by atoms with Crippen LogP contribution >= 0.6 is 23.2 Å². The van der Waals surface area contributed by atoms with Crippen LogP contribution in [0.5, 0.6) is 0 Å². The van der Waals surface area contributed by atoms with Crippen molar-refractivity contribution in [2.75, 3.05) is 0 Å². The van der Waals surface area contributed by atoms with Crippen molar-refractivity contribution in [1.29, 1.82) is 0 Å². The molecule has 0 aromatic carbocycles. The van der Waals surface area contributed by atoms with E-state index in [1.807, 2.05) is 6.07 Å². The van der Waals surface area contributed by atoms with Crippen LogP contribution in [-0.4, -0.2) is 19.9 Å². The van der Waals surface area contributed by atoms with Crippen LogP contribution in [0.15, 0.2) is 18.5 Å². The van der Waals surface area contributed by atoms with E-state index in [-0.39, 0.29) is 0 Å². The Kier molecular flexibility index (Phi) is 1.81. The van der Waals surface area contributed by atoms with Crippen LogP contribution in [-0.2, 0) is 0 Å². The number of halogens is 2. The SMILES string of the molecule is Clc1ccc2[nH]c3ncnc(Cl)c3c2n1. The van der Waals surface area contributed by atoms with Gasteiger partial charge in [-0.05, 0) is 12.1 Å². The molecule has 0 unspecified atom stereocenters. The van der Waals surface area contributed by atoms with Crippen LogP contribution in [0.1, 0.15) is 0 Å². The number of aromatic nitrogens is 4. The Bertz CT molecular complexity index is 662. The molecule has 6 heteroatoms. The van der Waals surface area contributed by atoms with Crippen molar-refractivity contribution in [2.24, 2.45) is 0 Å². The van der Waals surface area contributed by atoms with Gasteiger partial charge in [0.25, 0.3) is 0 Å². The van der Waals surface area contributed by atoms with Gasteiger partial charge in [0.05, 0.1) is 10.9 Å². The zero-order valence-corrected chi connectivity index (χ0v) is 8.84. The van der Waals surface area contributed by atoms with Crippen molar-refractivity contribution in [3.8, 4) is 0 Å². The summed E-state index contributed by atoms with van der Waals surface area (Å²) < 4.78 is 0. The first-order valence-corrected chi connectivity index (χ1v) is 4.96. The van der Waals surface area contributed by atoms with Gasteiger partial charge in [0.1, 0.15) is 27.8 Å². The lowest BCUT2D eigenvalue weighted by molar-refractivity contribution is 1.20. The van der Waals surface area contributed by atoms with Gasteiger partial charge < -0.3 is 4.98 Å². The average Bonchev–Trinajstić information content (AvgIpc) is 2.57. The molecule has 3 rings (SSSR count). The largest absolute Gasteiger partial charge is 0.338 e. The third-order valence-corrected chi connectivity index (χ3v) is 2.65. The maximum absolute atomic E-state index is 5.98. The summed E-state index contributed by atoms with van der Waals surface area (Å²) in [5.74, 6) is 0. The van der Waals surface area contributed by atoms with E-state index in [1.54, 1.807) is 6.07 Å². The summed E-state index contributed by atoms with van der Waals surface area (Å²) >= 11 is 11.8. The van der Waals surface area contributed by atoms with Gasteiger partial charge in [-0.15, -0.1) is 0 Å². The van der Waals surface area contributed by atoms with Crippen LogP contribution in [0.3, 0.4) is 0 Å². The second kappa shape index (κ2) is 3.05. The molecule has 0 aliphatic heterocycles. The smallest absolute Gasteiger partial charge is 0.144 e. The molecule has 4 nitrogen and oxygen atoms in total. The van der Waals surface area contributed by atoms with E-state index in [0.717, 1.165) is 5.52 Å². The van der Waals surface area contributed by atoms with E-state index in [0.29, 0.717) is 26.9 Å². The average molecular weight is 239 g/mol.